The molecule has 232 valence electrons. The minimum Gasteiger partial charge on any atom is -0.507 e. The molecule has 44 heavy (non-hydrogen) atoms. The maximum absolute atomic E-state index is 13.7. The zero-order chi connectivity index (χ0) is 31.5. The van der Waals surface area contributed by atoms with Crippen molar-refractivity contribution in [3.05, 3.63) is 69.2 Å². The van der Waals surface area contributed by atoms with Gasteiger partial charge in [0.2, 0.25) is 0 Å². The summed E-state index contributed by atoms with van der Waals surface area (Å²) in [5, 5.41) is 11.8. The van der Waals surface area contributed by atoms with E-state index in [1.54, 1.807) is 43.3 Å². The highest BCUT2D eigenvalue weighted by atomic mass is 32.1. The van der Waals surface area contributed by atoms with Crippen molar-refractivity contribution in [2.24, 2.45) is 0 Å². The van der Waals surface area contributed by atoms with E-state index < -0.39 is 23.7 Å². The second-order valence-corrected chi connectivity index (χ2v) is 11.7. The summed E-state index contributed by atoms with van der Waals surface area (Å²) in [6.07, 6.45) is 3.62. The quantitative estimate of drug-likeness (QED) is 0.0883. The van der Waals surface area contributed by atoms with E-state index in [1.807, 2.05) is 13.8 Å². The number of thiazole rings is 1. The van der Waals surface area contributed by atoms with Gasteiger partial charge < -0.3 is 24.1 Å². The Balaban J connectivity index is 1.65. The molecule has 0 unspecified atom stereocenters. The molecule has 1 aromatic heterocycles. The second-order valence-electron chi connectivity index (χ2n) is 10.7. The zero-order valence-corrected chi connectivity index (χ0v) is 26.3. The number of carbonyl (C=O) groups excluding carboxylic acids is 3. The molecule has 10 nitrogen and oxygen atoms in total. The molecule has 1 saturated heterocycles. The average Bonchev–Trinajstić information content (AvgIpc) is 3.66. The van der Waals surface area contributed by atoms with Crippen LogP contribution in [0.15, 0.2) is 42.0 Å². The van der Waals surface area contributed by atoms with Gasteiger partial charge >= 0.3 is 11.9 Å². The molecule has 1 amide bonds. The lowest BCUT2D eigenvalue weighted by Crippen LogP contribution is -2.29. The number of aliphatic hydroxyl groups is 1. The molecule has 2 aromatic carbocycles. The number of hydrogen-bond donors (Lipinski definition) is 1. The highest BCUT2D eigenvalue weighted by molar-refractivity contribution is 7.17. The Bertz CT molecular complexity index is 1630. The molecule has 1 N–H and O–H groups in total. The second kappa shape index (κ2) is 13.1. The molecule has 3 aromatic rings. The van der Waals surface area contributed by atoms with E-state index in [4.69, 9.17) is 18.9 Å². The van der Waals surface area contributed by atoms with Crippen molar-refractivity contribution in [2.75, 3.05) is 25.2 Å². The van der Waals surface area contributed by atoms with E-state index >= 15 is 0 Å². The van der Waals surface area contributed by atoms with E-state index in [1.165, 1.54) is 12.0 Å². The van der Waals surface area contributed by atoms with Crippen LogP contribution in [0.5, 0.6) is 17.2 Å². The summed E-state index contributed by atoms with van der Waals surface area (Å²) < 4.78 is 22.6. The Labute approximate surface area is 260 Å². The van der Waals surface area contributed by atoms with E-state index in [0.29, 0.717) is 48.0 Å². The third-order valence-electron chi connectivity index (χ3n) is 7.56. The van der Waals surface area contributed by atoms with Crippen molar-refractivity contribution < 1.29 is 38.4 Å². The molecule has 0 spiro atoms. The Morgan fingerprint density at radius 3 is 2.64 bits per heavy atom. The van der Waals surface area contributed by atoms with Gasteiger partial charge in [-0.25, -0.2) is 9.78 Å². The molecule has 0 saturated carbocycles. The van der Waals surface area contributed by atoms with Crippen LogP contribution in [-0.2, 0) is 20.7 Å². The van der Waals surface area contributed by atoms with Crippen molar-refractivity contribution in [1.82, 2.24) is 4.98 Å². The average molecular weight is 621 g/mol. The van der Waals surface area contributed by atoms with Crippen molar-refractivity contribution in [3.63, 3.8) is 0 Å². The van der Waals surface area contributed by atoms with Gasteiger partial charge in [-0.3, -0.25) is 14.5 Å². The van der Waals surface area contributed by atoms with Crippen LogP contribution in [0, 0.1) is 6.92 Å². The number of benzene rings is 2. The number of hydrogen-bond acceptors (Lipinski definition) is 10. The number of rotatable bonds is 11. The molecular weight excluding hydrogens is 584 g/mol. The van der Waals surface area contributed by atoms with Crippen LogP contribution in [0.3, 0.4) is 0 Å². The monoisotopic (exact) mass is 620 g/mol. The van der Waals surface area contributed by atoms with E-state index in [0.717, 1.165) is 41.9 Å². The molecule has 0 bridgehead atoms. The number of fused-ring (bicyclic) bond motifs is 1. The number of aryl methyl sites for hydroxylation is 1. The van der Waals surface area contributed by atoms with Gasteiger partial charge in [0.05, 0.1) is 37.6 Å². The van der Waals surface area contributed by atoms with Gasteiger partial charge in [-0.1, -0.05) is 37.2 Å². The third kappa shape index (κ3) is 5.88. The molecular formula is C33H36N2O8S. The van der Waals surface area contributed by atoms with Crippen LogP contribution < -0.4 is 19.1 Å². The standard InChI is InChI=1S/C33H36N2O8S/c1-6-8-9-14-42-24-13-10-20(17-25(24)41-7-2)27-26(28(36)21-11-12-23-22(16-21)15-18(3)43-23)29(37)31(38)35(27)33-34-19(4)30(44-33)32(39)40-5/h10-13,16-18,27,36H,6-9,14-15H2,1-5H3/b28-26+/t18-,27+/m0/s1. The maximum atomic E-state index is 13.7. The summed E-state index contributed by atoms with van der Waals surface area (Å²) in [6, 6.07) is 9.34. The fourth-order valence-electron chi connectivity index (χ4n) is 5.45. The number of aromatic nitrogens is 1. The van der Waals surface area contributed by atoms with E-state index in [2.05, 4.69) is 11.9 Å². The van der Waals surface area contributed by atoms with Gasteiger partial charge in [0.1, 0.15) is 22.5 Å². The fourth-order valence-corrected chi connectivity index (χ4v) is 6.47. The Hall–Kier alpha value is -4.38. The van der Waals surface area contributed by atoms with Crippen LogP contribution in [-0.4, -0.2) is 54.2 Å². The SMILES string of the molecule is CCCCCOc1ccc([C@@H]2/C(=C(\O)c3ccc4c(c3)C[C@H](C)O4)C(=O)C(=O)N2c2nc(C)c(C(=O)OC)s2)cc1OCC. The number of aliphatic hydroxyl groups excluding tert-OH is 1. The number of ether oxygens (including phenoxy) is 4. The van der Waals surface area contributed by atoms with E-state index in [-0.39, 0.29) is 27.4 Å². The maximum Gasteiger partial charge on any atom is 0.350 e. The summed E-state index contributed by atoms with van der Waals surface area (Å²) in [6.45, 7) is 8.43. The van der Waals surface area contributed by atoms with Gasteiger partial charge in [-0.2, -0.15) is 0 Å². The zero-order valence-electron chi connectivity index (χ0n) is 25.5. The molecule has 2 atom stereocenters. The molecule has 2 aliphatic rings. The van der Waals surface area contributed by atoms with E-state index in [9.17, 15) is 19.5 Å². The number of ketones is 1. The van der Waals surface area contributed by atoms with Gasteiger partial charge in [-0.05, 0) is 68.7 Å². The lowest BCUT2D eigenvalue weighted by Gasteiger charge is -2.24. The largest absolute Gasteiger partial charge is 0.507 e. The van der Waals surface area contributed by atoms with Crippen molar-refractivity contribution in [1.29, 1.82) is 0 Å². The van der Waals surface area contributed by atoms with Gasteiger partial charge in [0.25, 0.3) is 5.78 Å². The lowest BCUT2D eigenvalue weighted by atomic mass is 9.94. The van der Waals surface area contributed by atoms with Crippen LogP contribution in [0.25, 0.3) is 5.76 Å². The number of anilines is 1. The molecule has 0 aliphatic carbocycles. The molecule has 2 aliphatic heterocycles. The van der Waals surface area contributed by atoms with Crippen LogP contribution in [0.4, 0.5) is 5.13 Å². The van der Waals surface area contributed by atoms with Crippen molar-refractivity contribution in [3.8, 4) is 17.2 Å². The predicted molar refractivity (Wildman–Crippen MR) is 166 cm³/mol. The topological polar surface area (TPSA) is 124 Å². The summed E-state index contributed by atoms with van der Waals surface area (Å²) in [5.74, 6) is -0.971. The summed E-state index contributed by atoms with van der Waals surface area (Å²) in [5.41, 5.74) is 2.04. The van der Waals surface area contributed by atoms with Crippen molar-refractivity contribution in [2.45, 2.75) is 65.5 Å². The lowest BCUT2D eigenvalue weighted by molar-refractivity contribution is -0.132. The predicted octanol–water partition coefficient (Wildman–Crippen LogP) is 6.16. The molecule has 1 fully saturated rings. The number of methoxy groups -OCH3 is 1. The first-order chi connectivity index (χ1) is 21.2. The number of carbonyl (C=O) groups is 3. The minimum atomic E-state index is -1.07. The summed E-state index contributed by atoms with van der Waals surface area (Å²) in [7, 11) is 1.26. The highest BCUT2D eigenvalue weighted by Crippen LogP contribution is 2.46. The third-order valence-corrected chi connectivity index (χ3v) is 8.70. The molecule has 11 heteroatoms. The van der Waals surface area contributed by atoms with Crippen LogP contribution in [0.1, 0.15) is 78.1 Å². The van der Waals surface area contributed by atoms with Gasteiger partial charge in [-0.15, -0.1) is 0 Å². The smallest absolute Gasteiger partial charge is 0.350 e. The molecule has 0 radical (unpaired) electrons. The number of Topliss-reactive ketones (excluding diaryl/α,β-unsaturated/α-hetero) is 1. The first kappa shape index (κ1) is 31.1. The van der Waals surface area contributed by atoms with Crippen LogP contribution >= 0.6 is 11.3 Å². The minimum absolute atomic E-state index is 0.00943. The highest BCUT2D eigenvalue weighted by Gasteiger charge is 2.49. The number of esters is 1. The summed E-state index contributed by atoms with van der Waals surface area (Å²) in [4.78, 5) is 45.8. The van der Waals surface area contributed by atoms with Gasteiger partial charge in [0.15, 0.2) is 16.6 Å². The number of nitrogens with zero attached hydrogens (tertiary/aromatic N) is 2. The first-order valence-corrected chi connectivity index (χ1v) is 15.6. The normalized spacial score (nSPS) is 18.7. The molecule has 5 rings (SSSR count). The van der Waals surface area contributed by atoms with Gasteiger partial charge in [0, 0.05) is 12.0 Å². The Morgan fingerprint density at radius 1 is 1.11 bits per heavy atom. The Morgan fingerprint density at radius 2 is 1.91 bits per heavy atom. The number of unbranched alkanes of at least 4 members (excludes halogenated alkanes) is 2. The fraction of sp³-hybridized carbons (Fsp3) is 0.394. The summed E-state index contributed by atoms with van der Waals surface area (Å²) >= 11 is 0.944. The first-order valence-electron chi connectivity index (χ1n) is 14.7. The Kier molecular flexibility index (Phi) is 9.24. The van der Waals surface area contributed by atoms with Crippen molar-refractivity contribution >= 4 is 39.9 Å². The number of amides is 1. The van der Waals surface area contributed by atoms with Crippen LogP contribution in [0.2, 0.25) is 0 Å². The molecule has 3 heterocycles.